The molecule has 0 atom stereocenters. The molecule has 5 rings (SSSR count). The Morgan fingerprint density at radius 1 is 0.828 bits per heavy atom. The van der Waals surface area contributed by atoms with Crippen LogP contribution < -0.4 is 0 Å². The molecule has 0 saturated heterocycles. The number of aromatic nitrogens is 1. The molecule has 4 aromatic rings. The molecule has 0 spiro atoms. The normalized spacial score (nSPS) is 13.7. The van der Waals surface area contributed by atoms with E-state index in [1.165, 1.54) is 6.07 Å². The van der Waals surface area contributed by atoms with Gasteiger partial charge in [-0.25, -0.2) is 4.39 Å². The van der Waals surface area contributed by atoms with Crippen molar-refractivity contribution in [1.29, 1.82) is 0 Å². The van der Waals surface area contributed by atoms with E-state index in [9.17, 15) is 9.18 Å². The van der Waals surface area contributed by atoms with Crippen molar-refractivity contribution in [3.05, 3.63) is 107 Å². The zero-order valence-corrected chi connectivity index (χ0v) is 16.0. The lowest BCUT2D eigenvalue weighted by molar-refractivity contribution is 0.0716. The zero-order valence-electron chi connectivity index (χ0n) is 16.0. The molecule has 0 bridgehead atoms. The molecule has 3 nitrogen and oxygen atoms in total. The molecule has 0 saturated carbocycles. The molecule has 0 N–H and O–H groups in total. The summed E-state index contributed by atoms with van der Waals surface area (Å²) in [4.78, 5) is 15.4. The van der Waals surface area contributed by atoms with E-state index in [0.717, 1.165) is 34.0 Å². The number of hydrogen-bond donors (Lipinski definition) is 0. The van der Waals surface area contributed by atoms with E-state index < -0.39 is 0 Å². The van der Waals surface area contributed by atoms with Crippen molar-refractivity contribution in [2.24, 2.45) is 0 Å². The predicted octanol–water partition coefficient (Wildman–Crippen LogP) is 5.03. The van der Waals surface area contributed by atoms with Crippen molar-refractivity contribution in [3.63, 3.8) is 0 Å². The van der Waals surface area contributed by atoms with E-state index in [0.29, 0.717) is 25.3 Å². The van der Waals surface area contributed by atoms with Crippen LogP contribution in [0.5, 0.6) is 0 Å². The van der Waals surface area contributed by atoms with Gasteiger partial charge in [0.25, 0.3) is 5.91 Å². The third-order valence-electron chi connectivity index (χ3n) is 5.65. The molecule has 3 aromatic carbocycles. The minimum absolute atomic E-state index is 0.0163. The number of amides is 1. The summed E-state index contributed by atoms with van der Waals surface area (Å²) in [7, 11) is 0. The number of benzene rings is 3. The molecule has 0 unspecified atom stereocenters. The van der Waals surface area contributed by atoms with Crippen LogP contribution in [-0.2, 0) is 19.5 Å². The fraction of sp³-hybridized carbons (Fsp3) is 0.160. The summed E-state index contributed by atoms with van der Waals surface area (Å²) in [5, 5.41) is 0.851. The van der Waals surface area contributed by atoms with Gasteiger partial charge in [-0.15, -0.1) is 0 Å². The SMILES string of the molecule is O=C1c2c(c3cc(F)ccc3n2Cc2ccccc2)CCN1Cc1ccccc1. The molecule has 1 aliphatic heterocycles. The van der Waals surface area contributed by atoms with E-state index in [4.69, 9.17) is 0 Å². The van der Waals surface area contributed by atoms with Crippen molar-refractivity contribution < 1.29 is 9.18 Å². The van der Waals surface area contributed by atoms with E-state index >= 15 is 0 Å². The smallest absolute Gasteiger partial charge is 0.271 e. The number of carbonyl (C=O) groups is 1. The van der Waals surface area contributed by atoms with Crippen LogP contribution in [0.3, 0.4) is 0 Å². The summed E-state index contributed by atoms with van der Waals surface area (Å²) < 4.78 is 16.1. The van der Waals surface area contributed by atoms with Gasteiger partial charge in [-0.05, 0) is 41.3 Å². The van der Waals surface area contributed by atoms with E-state index in [-0.39, 0.29) is 11.7 Å². The number of carbonyl (C=O) groups excluding carboxylic acids is 1. The minimum Gasteiger partial charge on any atom is -0.333 e. The quantitative estimate of drug-likeness (QED) is 0.485. The van der Waals surface area contributed by atoms with Gasteiger partial charge >= 0.3 is 0 Å². The molecule has 29 heavy (non-hydrogen) atoms. The summed E-state index contributed by atoms with van der Waals surface area (Å²) in [6.07, 6.45) is 0.732. The van der Waals surface area contributed by atoms with Gasteiger partial charge in [0.05, 0.1) is 0 Å². The number of hydrogen-bond acceptors (Lipinski definition) is 1. The second-order valence-electron chi connectivity index (χ2n) is 7.52. The fourth-order valence-corrected chi connectivity index (χ4v) is 4.28. The molecule has 144 valence electrons. The van der Waals surface area contributed by atoms with Crippen LogP contribution in [-0.4, -0.2) is 21.9 Å². The van der Waals surface area contributed by atoms with Gasteiger partial charge in [0.1, 0.15) is 11.5 Å². The molecule has 0 fully saturated rings. The van der Waals surface area contributed by atoms with Crippen LogP contribution in [0.15, 0.2) is 78.9 Å². The molecular weight excluding hydrogens is 363 g/mol. The Labute approximate surface area is 169 Å². The van der Waals surface area contributed by atoms with Crippen LogP contribution in [0.4, 0.5) is 4.39 Å². The minimum atomic E-state index is -0.267. The van der Waals surface area contributed by atoms with Crippen molar-refractivity contribution in [2.75, 3.05) is 6.54 Å². The van der Waals surface area contributed by atoms with Crippen molar-refractivity contribution in [1.82, 2.24) is 9.47 Å². The topological polar surface area (TPSA) is 25.2 Å². The second-order valence-corrected chi connectivity index (χ2v) is 7.52. The lowest BCUT2D eigenvalue weighted by atomic mass is 10.0. The highest BCUT2D eigenvalue weighted by atomic mass is 19.1. The van der Waals surface area contributed by atoms with E-state index in [1.54, 1.807) is 12.1 Å². The van der Waals surface area contributed by atoms with Gasteiger partial charge in [0, 0.05) is 30.5 Å². The Balaban J connectivity index is 1.60. The van der Waals surface area contributed by atoms with Crippen molar-refractivity contribution >= 4 is 16.8 Å². The number of halogens is 1. The summed E-state index contributed by atoms with van der Waals surface area (Å²) in [6, 6.07) is 24.9. The maximum Gasteiger partial charge on any atom is 0.271 e. The number of fused-ring (bicyclic) bond motifs is 3. The van der Waals surface area contributed by atoms with Crippen LogP contribution in [0.25, 0.3) is 10.9 Å². The third kappa shape index (κ3) is 3.21. The Bertz CT molecular complexity index is 1180. The summed E-state index contributed by atoms with van der Waals surface area (Å²) >= 11 is 0. The lowest BCUT2D eigenvalue weighted by Crippen LogP contribution is -2.38. The van der Waals surface area contributed by atoms with E-state index in [1.807, 2.05) is 53.4 Å². The van der Waals surface area contributed by atoms with Gasteiger partial charge in [-0.2, -0.15) is 0 Å². The highest BCUT2D eigenvalue weighted by molar-refractivity contribution is 6.03. The zero-order chi connectivity index (χ0) is 19.8. The molecule has 0 aliphatic carbocycles. The van der Waals surface area contributed by atoms with Crippen molar-refractivity contribution in [2.45, 2.75) is 19.5 Å². The Kier molecular flexibility index (Phi) is 4.39. The van der Waals surface area contributed by atoms with E-state index in [2.05, 4.69) is 16.7 Å². The average Bonchev–Trinajstić information content (AvgIpc) is 3.05. The predicted molar refractivity (Wildman–Crippen MR) is 112 cm³/mol. The Morgan fingerprint density at radius 2 is 1.48 bits per heavy atom. The molecule has 4 heteroatoms. The summed E-state index contributed by atoms with van der Waals surface area (Å²) in [5.41, 5.74) is 4.79. The molecule has 1 amide bonds. The number of rotatable bonds is 4. The molecule has 1 aromatic heterocycles. The van der Waals surface area contributed by atoms with Gasteiger partial charge in [0.15, 0.2) is 0 Å². The van der Waals surface area contributed by atoms with Crippen LogP contribution in [0.1, 0.15) is 27.2 Å². The molecule has 2 heterocycles. The standard InChI is InChI=1S/C25H21FN2O/c26-20-11-12-23-22(15-20)21-13-14-27(16-18-7-3-1-4-8-18)25(29)24(21)28(23)17-19-9-5-2-6-10-19/h1-12,15H,13-14,16-17H2. The Morgan fingerprint density at radius 3 is 2.17 bits per heavy atom. The van der Waals surface area contributed by atoms with Gasteiger partial charge in [-0.1, -0.05) is 60.7 Å². The first-order valence-corrected chi connectivity index (χ1v) is 9.88. The molecule has 1 aliphatic rings. The molecule has 0 radical (unpaired) electrons. The van der Waals surface area contributed by atoms with Gasteiger partial charge < -0.3 is 9.47 Å². The Hall–Kier alpha value is -3.40. The second kappa shape index (κ2) is 7.21. The largest absolute Gasteiger partial charge is 0.333 e. The molecular formula is C25H21FN2O. The first-order valence-electron chi connectivity index (χ1n) is 9.88. The van der Waals surface area contributed by atoms with Gasteiger partial charge in [0.2, 0.25) is 0 Å². The monoisotopic (exact) mass is 384 g/mol. The van der Waals surface area contributed by atoms with Crippen LogP contribution in [0, 0.1) is 5.82 Å². The average molecular weight is 384 g/mol. The van der Waals surface area contributed by atoms with Gasteiger partial charge in [-0.3, -0.25) is 4.79 Å². The highest BCUT2D eigenvalue weighted by Gasteiger charge is 2.31. The van der Waals surface area contributed by atoms with Crippen LogP contribution >= 0.6 is 0 Å². The lowest BCUT2D eigenvalue weighted by Gasteiger charge is -2.28. The maximum absolute atomic E-state index is 14.0. The summed E-state index contributed by atoms with van der Waals surface area (Å²) in [5.74, 6) is -0.251. The van der Waals surface area contributed by atoms with Crippen LogP contribution in [0.2, 0.25) is 0 Å². The maximum atomic E-state index is 14.0. The first kappa shape index (κ1) is 17.7. The highest BCUT2D eigenvalue weighted by Crippen LogP contribution is 2.32. The third-order valence-corrected chi connectivity index (χ3v) is 5.65. The first-order chi connectivity index (χ1) is 14.2. The fourth-order valence-electron chi connectivity index (χ4n) is 4.28. The summed E-state index contributed by atoms with van der Waals surface area (Å²) in [6.45, 7) is 1.81. The van der Waals surface area contributed by atoms with Crippen molar-refractivity contribution in [3.8, 4) is 0 Å². The number of nitrogens with zero attached hydrogens (tertiary/aromatic N) is 2.